The predicted molar refractivity (Wildman–Crippen MR) is 73.7 cm³/mol. The van der Waals surface area contributed by atoms with E-state index in [1.54, 1.807) is 4.90 Å². The molecule has 2 rings (SSSR count). The van der Waals surface area contributed by atoms with Crippen molar-refractivity contribution in [2.75, 3.05) is 19.7 Å². The molecule has 0 unspecified atom stereocenters. The fraction of sp³-hybridized carbons (Fsp3) is 0.467. The molecule has 0 spiro atoms. The molecule has 1 aromatic carbocycles. The highest BCUT2D eigenvalue weighted by molar-refractivity contribution is 5.79. The summed E-state index contributed by atoms with van der Waals surface area (Å²) in [5.74, 6) is -0.129. The van der Waals surface area contributed by atoms with Crippen LogP contribution in [0, 0.1) is 19.8 Å². The lowest BCUT2D eigenvalue weighted by molar-refractivity contribution is -0.146. The number of aliphatic carboxylic acids is 1. The molecule has 20 heavy (non-hydrogen) atoms. The average Bonchev–Trinajstić information content (AvgIpc) is 2.29. The van der Waals surface area contributed by atoms with Crippen molar-refractivity contribution >= 4 is 11.9 Å². The molecule has 108 valence electrons. The van der Waals surface area contributed by atoms with E-state index in [2.05, 4.69) is 0 Å². The van der Waals surface area contributed by atoms with Gasteiger partial charge in [0.2, 0.25) is 0 Å². The van der Waals surface area contributed by atoms with Gasteiger partial charge >= 0.3 is 5.97 Å². The topological polar surface area (TPSA) is 66.8 Å². The van der Waals surface area contributed by atoms with Crippen molar-refractivity contribution in [3.8, 4) is 5.75 Å². The number of hydrogen-bond acceptors (Lipinski definition) is 3. The zero-order chi connectivity index (χ0) is 14.7. The van der Waals surface area contributed by atoms with Crippen molar-refractivity contribution in [3.63, 3.8) is 0 Å². The van der Waals surface area contributed by atoms with Crippen LogP contribution in [-0.4, -0.2) is 41.6 Å². The number of carboxylic acids is 1. The summed E-state index contributed by atoms with van der Waals surface area (Å²) in [7, 11) is 0. The average molecular weight is 277 g/mol. The van der Waals surface area contributed by atoms with Gasteiger partial charge in [-0.25, -0.2) is 0 Å². The van der Waals surface area contributed by atoms with E-state index in [1.807, 2.05) is 32.0 Å². The minimum atomic E-state index is -0.811. The smallest absolute Gasteiger partial charge is 0.303 e. The van der Waals surface area contributed by atoms with Crippen molar-refractivity contribution in [1.29, 1.82) is 0 Å². The third kappa shape index (κ3) is 3.73. The molecule has 1 saturated heterocycles. The minimum absolute atomic E-state index is 0.00266. The fourth-order valence-corrected chi connectivity index (χ4v) is 2.40. The van der Waals surface area contributed by atoms with Gasteiger partial charge in [-0.2, -0.15) is 0 Å². The van der Waals surface area contributed by atoms with Gasteiger partial charge < -0.3 is 14.7 Å². The van der Waals surface area contributed by atoms with Gasteiger partial charge in [0.15, 0.2) is 6.61 Å². The molecule has 1 aliphatic heterocycles. The quantitative estimate of drug-likeness (QED) is 0.888. The standard InChI is InChI=1S/C15H19NO4/c1-10-3-11(2)5-13(4-10)20-9-14(17)16-7-12(8-16)6-15(18)19/h3-5,12H,6-9H2,1-2H3,(H,18,19). The Bertz CT molecular complexity index is 500. The lowest BCUT2D eigenvalue weighted by atomic mass is 9.96. The molecular formula is C15H19NO4. The highest BCUT2D eigenvalue weighted by Crippen LogP contribution is 2.20. The number of amides is 1. The third-order valence-electron chi connectivity index (χ3n) is 3.33. The van der Waals surface area contributed by atoms with E-state index in [9.17, 15) is 9.59 Å². The highest BCUT2D eigenvalue weighted by Gasteiger charge is 2.31. The summed E-state index contributed by atoms with van der Waals surface area (Å²) in [4.78, 5) is 24.0. The second-order valence-corrected chi connectivity index (χ2v) is 5.37. The Labute approximate surface area is 118 Å². The monoisotopic (exact) mass is 277 g/mol. The molecule has 1 heterocycles. The summed E-state index contributed by atoms with van der Waals surface area (Å²) in [6.45, 7) is 4.99. The molecule has 0 aromatic heterocycles. The molecule has 1 N–H and O–H groups in total. The van der Waals surface area contributed by atoms with Crippen molar-refractivity contribution < 1.29 is 19.4 Å². The molecule has 0 radical (unpaired) electrons. The van der Waals surface area contributed by atoms with Crippen LogP contribution in [-0.2, 0) is 9.59 Å². The van der Waals surface area contributed by atoms with Gasteiger partial charge in [0, 0.05) is 19.0 Å². The molecule has 5 heteroatoms. The van der Waals surface area contributed by atoms with Crippen LogP contribution in [0.1, 0.15) is 17.5 Å². The fourth-order valence-electron chi connectivity index (χ4n) is 2.40. The second kappa shape index (κ2) is 5.94. The van der Waals surface area contributed by atoms with Crippen LogP contribution in [0.15, 0.2) is 18.2 Å². The lowest BCUT2D eigenvalue weighted by Crippen LogP contribution is -2.52. The Morgan fingerprint density at radius 3 is 2.40 bits per heavy atom. The zero-order valence-corrected chi connectivity index (χ0v) is 11.8. The Kier molecular flexibility index (Phi) is 4.27. The van der Waals surface area contributed by atoms with Crippen LogP contribution in [0.4, 0.5) is 0 Å². The van der Waals surface area contributed by atoms with Crippen molar-refractivity contribution in [1.82, 2.24) is 4.90 Å². The molecule has 1 aromatic rings. The summed E-state index contributed by atoms with van der Waals surface area (Å²) in [6, 6.07) is 5.83. The van der Waals surface area contributed by atoms with E-state index in [1.165, 1.54) is 0 Å². The SMILES string of the molecule is Cc1cc(C)cc(OCC(=O)N2CC(CC(=O)O)C2)c1. The van der Waals surface area contributed by atoms with Crippen LogP contribution in [0.2, 0.25) is 0 Å². The summed E-state index contributed by atoms with van der Waals surface area (Å²) < 4.78 is 5.50. The maximum absolute atomic E-state index is 11.9. The molecule has 5 nitrogen and oxygen atoms in total. The van der Waals surface area contributed by atoms with Crippen LogP contribution in [0.5, 0.6) is 5.75 Å². The van der Waals surface area contributed by atoms with Crippen LogP contribution in [0.25, 0.3) is 0 Å². The van der Waals surface area contributed by atoms with E-state index in [0.717, 1.165) is 11.1 Å². The Hall–Kier alpha value is -2.04. The van der Waals surface area contributed by atoms with Gasteiger partial charge in [0.25, 0.3) is 5.91 Å². The van der Waals surface area contributed by atoms with Gasteiger partial charge in [-0.05, 0) is 37.1 Å². The van der Waals surface area contributed by atoms with Crippen molar-refractivity contribution in [2.24, 2.45) is 5.92 Å². The number of carbonyl (C=O) groups is 2. The largest absolute Gasteiger partial charge is 0.484 e. The maximum Gasteiger partial charge on any atom is 0.303 e. The normalized spacial score (nSPS) is 14.8. The number of rotatable bonds is 5. The summed E-state index contributed by atoms with van der Waals surface area (Å²) in [6.07, 6.45) is 0.127. The van der Waals surface area contributed by atoms with E-state index in [-0.39, 0.29) is 24.9 Å². The molecule has 1 aliphatic rings. The Morgan fingerprint density at radius 1 is 1.25 bits per heavy atom. The van der Waals surface area contributed by atoms with Gasteiger partial charge in [-0.3, -0.25) is 9.59 Å². The number of nitrogens with zero attached hydrogens (tertiary/aromatic N) is 1. The molecule has 0 aliphatic carbocycles. The number of hydrogen-bond donors (Lipinski definition) is 1. The molecule has 0 bridgehead atoms. The number of carbonyl (C=O) groups excluding carboxylic acids is 1. The Morgan fingerprint density at radius 2 is 1.85 bits per heavy atom. The minimum Gasteiger partial charge on any atom is -0.484 e. The van der Waals surface area contributed by atoms with E-state index in [0.29, 0.717) is 18.8 Å². The van der Waals surface area contributed by atoms with Gasteiger partial charge in [0.05, 0.1) is 6.42 Å². The second-order valence-electron chi connectivity index (χ2n) is 5.37. The molecular weight excluding hydrogens is 258 g/mol. The van der Waals surface area contributed by atoms with E-state index >= 15 is 0 Å². The third-order valence-corrected chi connectivity index (χ3v) is 3.33. The van der Waals surface area contributed by atoms with E-state index < -0.39 is 5.97 Å². The van der Waals surface area contributed by atoms with Crippen LogP contribution >= 0.6 is 0 Å². The molecule has 1 fully saturated rings. The maximum atomic E-state index is 11.9. The Balaban J connectivity index is 1.77. The number of benzene rings is 1. The number of carboxylic acid groups (broad SMARTS) is 1. The lowest BCUT2D eigenvalue weighted by Gasteiger charge is -2.38. The first-order valence-electron chi connectivity index (χ1n) is 6.64. The first-order chi connectivity index (χ1) is 9.44. The number of ether oxygens (including phenoxy) is 1. The van der Waals surface area contributed by atoms with Gasteiger partial charge in [-0.15, -0.1) is 0 Å². The summed E-state index contributed by atoms with van der Waals surface area (Å²) in [5, 5.41) is 8.65. The number of likely N-dealkylation sites (tertiary alicyclic amines) is 1. The molecule has 0 atom stereocenters. The molecule has 1 amide bonds. The molecule has 0 saturated carbocycles. The highest BCUT2D eigenvalue weighted by atomic mass is 16.5. The van der Waals surface area contributed by atoms with Crippen molar-refractivity contribution in [2.45, 2.75) is 20.3 Å². The van der Waals surface area contributed by atoms with E-state index in [4.69, 9.17) is 9.84 Å². The first kappa shape index (κ1) is 14.4. The van der Waals surface area contributed by atoms with Gasteiger partial charge in [-0.1, -0.05) is 6.07 Å². The first-order valence-corrected chi connectivity index (χ1v) is 6.64. The van der Waals surface area contributed by atoms with Crippen LogP contribution in [0.3, 0.4) is 0 Å². The predicted octanol–water partition coefficient (Wildman–Crippen LogP) is 1.62. The number of aryl methyl sites for hydroxylation is 2. The zero-order valence-electron chi connectivity index (χ0n) is 11.8. The summed E-state index contributed by atoms with van der Waals surface area (Å²) in [5.41, 5.74) is 2.19. The van der Waals surface area contributed by atoms with Gasteiger partial charge in [0.1, 0.15) is 5.75 Å². The van der Waals surface area contributed by atoms with Crippen molar-refractivity contribution in [3.05, 3.63) is 29.3 Å². The summed E-state index contributed by atoms with van der Waals surface area (Å²) >= 11 is 0. The van der Waals surface area contributed by atoms with Crippen LogP contribution < -0.4 is 4.74 Å².